The molecule has 192 valence electrons. The summed E-state index contributed by atoms with van der Waals surface area (Å²) in [5.41, 5.74) is -0.705. The Bertz CT molecular complexity index is 1220. The summed E-state index contributed by atoms with van der Waals surface area (Å²) < 4.78 is 10.2. The molecule has 8 heteroatoms. The predicted octanol–water partition coefficient (Wildman–Crippen LogP) is 3.39. The number of alkyl carbamates (subject to hydrolysis) is 1. The summed E-state index contributed by atoms with van der Waals surface area (Å²) in [6, 6.07) is 9.77. The molecular formula is C28H34N2O6. The standard InChI is InChI=1S/C28H34N2O6/c1-27(2,3)36-26(34)30-28(4,5)23(25(33)35-6)29-24(32)21-12-11-18-13-17(7-9-19(18)14-21)8-10-20-15-22(20)16-31/h7,9,11-14,20,22-23,31H,15-16H2,1-6H3,(H,29,32)(H,30,34)/t20?,22-,23-/m1/s1. The second-order valence-corrected chi connectivity index (χ2v) is 10.6. The van der Waals surface area contributed by atoms with E-state index in [1.807, 2.05) is 24.3 Å². The molecule has 36 heavy (non-hydrogen) atoms. The number of ether oxygens (including phenoxy) is 2. The summed E-state index contributed by atoms with van der Waals surface area (Å²) >= 11 is 0. The minimum Gasteiger partial charge on any atom is -0.467 e. The van der Waals surface area contributed by atoms with Gasteiger partial charge in [-0.3, -0.25) is 4.79 Å². The van der Waals surface area contributed by atoms with Crippen molar-refractivity contribution >= 4 is 28.7 Å². The minimum atomic E-state index is -1.20. The van der Waals surface area contributed by atoms with Crippen LogP contribution in [-0.4, -0.2) is 54.0 Å². The molecule has 0 aliphatic heterocycles. The lowest BCUT2D eigenvalue weighted by Crippen LogP contribution is -2.62. The third-order valence-corrected chi connectivity index (χ3v) is 5.92. The first-order valence-corrected chi connectivity index (χ1v) is 11.9. The van der Waals surface area contributed by atoms with E-state index in [-0.39, 0.29) is 18.4 Å². The number of amides is 2. The number of methoxy groups -OCH3 is 1. The Morgan fingerprint density at radius 1 is 1.08 bits per heavy atom. The van der Waals surface area contributed by atoms with E-state index in [0.29, 0.717) is 5.56 Å². The minimum absolute atomic E-state index is 0.174. The Morgan fingerprint density at radius 3 is 2.36 bits per heavy atom. The highest BCUT2D eigenvalue weighted by Gasteiger charge is 2.40. The van der Waals surface area contributed by atoms with Crippen LogP contribution in [0.2, 0.25) is 0 Å². The zero-order valence-electron chi connectivity index (χ0n) is 21.6. The van der Waals surface area contributed by atoms with Gasteiger partial charge in [0.05, 0.1) is 12.6 Å². The number of hydrogen-bond donors (Lipinski definition) is 3. The highest BCUT2D eigenvalue weighted by Crippen LogP contribution is 2.37. The molecule has 2 amide bonds. The van der Waals surface area contributed by atoms with E-state index in [0.717, 1.165) is 22.8 Å². The first-order chi connectivity index (χ1) is 16.8. The van der Waals surface area contributed by atoms with Gasteiger partial charge in [-0.15, -0.1) is 0 Å². The smallest absolute Gasteiger partial charge is 0.408 e. The number of aliphatic hydroxyl groups excluding tert-OH is 1. The first-order valence-electron chi connectivity index (χ1n) is 11.9. The molecule has 0 saturated heterocycles. The number of fused-ring (bicyclic) bond motifs is 1. The Kier molecular flexibility index (Phi) is 7.95. The lowest BCUT2D eigenvalue weighted by Gasteiger charge is -2.34. The molecule has 0 heterocycles. The number of carbonyl (C=O) groups is 3. The van der Waals surface area contributed by atoms with Crippen LogP contribution in [0.4, 0.5) is 4.79 Å². The SMILES string of the molecule is COC(=O)[C@@H](NC(=O)c1ccc2cc(C#CC3C[C@@H]3CO)ccc2c1)C(C)(C)NC(=O)OC(C)(C)C. The summed E-state index contributed by atoms with van der Waals surface area (Å²) in [6.45, 7) is 8.57. The Hall–Kier alpha value is -3.57. The van der Waals surface area contributed by atoms with Crippen LogP contribution in [0.25, 0.3) is 10.8 Å². The number of benzene rings is 2. The molecule has 2 aromatic rings. The van der Waals surface area contributed by atoms with Crippen LogP contribution in [-0.2, 0) is 14.3 Å². The molecule has 0 aromatic heterocycles. The maximum Gasteiger partial charge on any atom is 0.408 e. The van der Waals surface area contributed by atoms with Crippen molar-refractivity contribution < 1.29 is 29.0 Å². The fraction of sp³-hybridized carbons (Fsp3) is 0.464. The molecular weight excluding hydrogens is 460 g/mol. The van der Waals surface area contributed by atoms with E-state index in [1.54, 1.807) is 46.8 Å². The molecule has 1 fully saturated rings. The van der Waals surface area contributed by atoms with Crippen molar-refractivity contribution in [2.24, 2.45) is 11.8 Å². The highest BCUT2D eigenvalue weighted by molar-refractivity contribution is 6.00. The summed E-state index contributed by atoms with van der Waals surface area (Å²) in [6.07, 6.45) is 0.223. The van der Waals surface area contributed by atoms with Gasteiger partial charge in [0.15, 0.2) is 0 Å². The quantitative estimate of drug-likeness (QED) is 0.419. The molecule has 2 aromatic carbocycles. The average molecular weight is 495 g/mol. The fourth-order valence-electron chi connectivity index (χ4n) is 3.77. The normalized spacial score (nSPS) is 17.9. The second kappa shape index (κ2) is 10.6. The molecule has 3 N–H and O–H groups in total. The number of carbonyl (C=O) groups excluding carboxylic acids is 3. The van der Waals surface area contributed by atoms with Crippen molar-refractivity contribution in [1.82, 2.24) is 10.6 Å². The summed E-state index contributed by atoms with van der Waals surface area (Å²) in [5.74, 6) is 5.70. The molecule has 8 nitrogen and oxygen atoms in total. The van der Waals surface area contributed by atoms with E-state index in [1.165, 1.54) is 7.11 Å². The van der Waals surface area contributed by atoms with Gasteiger partial charge in [0, 0.05) is 23.7 Å². The summed E-state index contributed by atoms with van der Waals surface area (Å²) in [7, 11) is 1.22. The van der Waals surface area contributed by atoms with Gasteiger partial charge in [-0.25, -0.2) is 9.59 Å². The molecule has 0 spiro atoms. The molecule has 1 aliphatic carbocycles. The molecule has 1 saturated carbocycles. The average Bonchev–Trinajstić information content (AvgIpc) is 3.57. The van der Waals surface area contributed by atoms with Gasteiger partial charge in [0.25, 0.3) is 5.91 Å². The lowest BCUT2D eigenvalue weighted by molar-refractivity contribution is -0.144. The van der Waals surface area contributed by atoms with Crippen molar-refractivity contribution in [2.45, 2.75) is 58.2 Å². The molecule has 0 bridgehead atoms. The van der Waals surface area contributed by atoms with Gasteiger partial charge < -0.3 is 25.2 Å². The third-order valence-electron chi connectivity index (χ3n) is 5.92. The van der Waals surface area contributed by atoms with Gasteiger partial charge >= 0.3 is 12.1 Å². The van der Waals surface area contributed by atoms with Crippen LogP contribution < -0.4 is 10.6 Å². The first kappa shape index (κ1) is 27.0. The van der Waals surface area contributed by atoms with Gasteiger partial charge in [-0.1, -0.05) is 24.0 Å². The maximum absolute atomic E-state index is 13.1. The molecule has 0 radical (unpaired) electrons. The number of aliphatic hydroxyl groups is 1. The lowest BCUT2D eigenvalue weighted by atomic mass is 9.94. The van der Waals surface area contributed by atoms with Crippen LogP contribution >= 0.6 is 0 Å². The van der Waals surface area contributed by atoms with E-state index in [4.69, 9.17) is 14.6 Å². The monoisotopic (exact) mass is 494 g/mol. The zero-order chi connectivity index (χ0) is 26.7. The van der Waals surface area contributed by atoms with Crippen LogP contribution in [0.1, 0.15) is 57.0 Å². The maximum atomic E-state index is 13.1. The fourth-order valence-corrected chi connectivity index (χ4v) is 3.77. The van der Waals surface area contributed by atoms with Crippen LogP contribution in [0.3, 0.4) is 0 Å². The molecule has 1 aliphatic rings. The molecule has 1 unspecified atom stereocenters. The van der Waals surface area contributed by atoms with E-state index >= 15 is 0 Å². The van der Waals surface area contributed by atoms with Gasteiger partial charge in [0.1, 0.15) is 11.6 Å². The van der Waals surface area contributed by atoms with Gasteiger partial charge in [-0.05, 0) is 82.0 Å². The van der Waals surface area contributed by atoms with Crippen LogP contribution in [0.5, 0.6) is 0 Å². The Labute approximate surface area is 211 Å². The predicted molar refractivity (Wildman–Crippen MR) is 136 cm³/mol. The molecule has 3 rings (SSSR count). The molecule has 3 atom stereocenters. The van der Waals surface area contributed by atoms with E-state index in [2.05, 4.69) is 22.5 Å². The van der Waals surface area contributed by atoms with Crippen LogP contribution in [0.15, 0.2) is 36.4 Å². The Morgan fingerprint density at radius 2 is 1.75 bits per heavy atom. The summed E-state index contributed by atoms with van der Waals surface area (Å²) in [4.78, 5) is 37.9. The van der Waals surface area contributed by atoms with Crippen molar-refractivity contribution in [1.29, 1.82) is 0 Å². The third kappa shape index (κ3) is 6.98. The topological polar surface area (TPSA) is 114 Å². The zero-order valence-corrected chi connectivity index (χ0v) is 21.6. The highest BCUT2D eigenvalue weighted by atomic mass is 16.6. The largest absolute Gasteiger partial charge is 0.467 e. The van der Waals surface area contributed by atoms with Gasteiger partial charge in [0.2, 0.25) is 0 Å². The number of nitrogens with one attached hydrogen (secondary N) is 2. The van der Waals surface area contributed by atoms with E-state index < -0.39 is 35.2 Å². The van der Waals surface area contributed by atoms with E-state index in [9.17, 15) is 14.4 Å². The van der Waals surface area contributed by atoms with Crippen molar-refractivity contribution in [2.75, 3.05) is 13.7 Å². The van der Waals surface area contributed by atoms with Gasteiger partial charge in [-0.2, -0.15) is 0 Å². The van der Waals surface area contributed by atoms with Crippen molar-refractivity contribution in [3.05, 3.63) is 47.5 Å². The van der Waals surface area contributed by atoms with Crippen LogP contribution in [0, 0.1) is 23.7 Å². The summed E-state index contributed by atoms with van der Waals surface area (Å²) in [5, 5.41) is 16.3. The van der Waals surface area contributed by atoms with Crippen molar-refractivity contribution in [3.8, 4) is 11.8 Å². The second-order valence-electron chi connectivity index (χ2n) is 10.6. The van der Waals surface area contributed by atoms with Crippen molar-refractivity contribution in [3.63, 3.8) is 0 Å². The number of esters is 1. The number of rotatable bonds is 6. The Balaban J connectivity index is 1.76. The number of hydrogen-bond acceptors (Lipinski definition) is 6.